The third-order valence-corrected chi connectivity index (χ3v) is 4.56. The lowest BCUT2D eigenvalue weighted by Crippen LogP contribution is -2.39. The summed E-state index contributed by atoms with van der Waals surface area (Å²) in [5, 5.41) is 11.1. The first-order valence-corrected chi connectivity index (χ1v) is 9.09. The minimum atomic E-state index is -0.552. The molecule has 0 spiro atoms. The fraction of sp³-hybridized carbons (Fsp3) is 0.429. The van der Waals surface area contributed by atoms with Crippen LogP contribution in [0.1, 0.15) is 30.5 Å². The van der Waals surface area contributed by atoms with E-state index in [1.807, 2.05) is 12.1 Å². The molecule has 0 aliphatic carbocycles. The van der Waals surface area contributed by atoms with Crippen molar-refractivity contribution in [3.63, 3.8) is 0 Å². The van der Waals surface area contributed by atoms with Crippen LogP contribution in [0, 0.1) is 13.8 Å². The number of aryl methyl sites for hydroxylation is 2. The lowest BCUT2D eigenvalue weighted by atomic mass is 10.0. The molecule has 0 fully saturated rings. The van der Waals surface area contributed by atoms with Crippen molar-refractivity contribution in [1.29, 1.82) is 0 Å². The second kappa shape index (κ2) is 9.23. The molecule has 0 radical (unpaired) electrons. The van der Waals surface area contributed by atoms with Crippen molar-refractivity contribution in [3.05, 3.63) is 64.2 Å². The first kappa shape index (κ1) is 19.8. The zero-order chi connectivity index (χ0) is 18.4. The molecule has 2 rings (SSSR count). The van der Waals surface area contributed by atoms with Crippen LogP contribution in [-0.2, 0) is 6.54 Å². The highest BCUT2D eigenvalue weighted by molar-refractivity contribution is 6.30. The summed E-state index contributed by atoms with van der Waals surface area (Å²) in [4.78, 5) is 2.27. The van der Waals surface area contributed by atoms with E-state index in [1.54, 1.807) is 12.1 Å². The molecule has 0 saturated heterocycles. The van der Waals surface area contributed by atoms with Crippen molar-refractivity contribution in [1.82, 2.24) is 4.90 Å². The fourth-order valence-electron chi connectivity index (χ4n) is 2.75. The van der Waals surface area contributed by atoms with E-state index in [0.29, 0.717) is 23.4 Å². The molecule has 25 heavy (non-hydrogen) atoms. The number of aliphatic hydroxyl groups excluding tert-OH is 1. The maximum absolute atomic E-state index is 10.4. The monoisotopic (exact) mass is 361 g/mol. The number of hydrogen-bond donors (Lipinski definition) is 1. The normalized spacial score (nSPS) is 12.6. The molecule has 0 aliphatic rings. The van der Waals surface area contributed by atoms with E-state index in [2.05, 4.69) is 50.8 Å². The summed E-state index contributed by atoms with van der Waals surface area (Å²) in [5.41, 5.74) is 3.86. The van der Waals surface area contributed by atoms with Crippen LogP contribution in [-0.4, -0.2) is 35.3 Å². The van der Waals surface area contributed by atoms with Crippen molar-refractivity contribution in [3.8, 4) is 5.75 Å². The Bertz CT molecular complexity index is 670. The summed E-state index contributed by atoms with van der Waals surface area (Å²) in [7, 11) is 0. The van der Waals surface area contributed by atoms with Gasteiger partial charge < -0.3 is 9.84 Å². The highest BCUT2D eigenvalue weighted by Crippen LogP contribution is 2.17. The number of halogens is 1. The van der Waals surface area contributed by atoms with Crippen LogP contribution in [0.15, 0.2) is 42.5 Å². The number of aliphatic hydroxyl groups is 1. The smallest absolute Gasteiger partial charge is 0.119 e. The zero-order valence-electron chi connectivity index (χ0n) is 15.5. The fourth-order valence-corrected chi connectivity index (χ4v) is 2.87. The molecule has 4 heteroatoms. The molecule has 0 amide bonds. The number of benzene rings is 2. The van der Waals surface area contributed by atoms with E-state index < -0.39 is 6.10 Å². The van der Waals surface area contributed by atoms with Crippen LogP contribution in [0.4, 0.5) is 0 Å². The quantitative estimate of drug-likeness (QED) is 0.745. The molecule has 0 heterocycles. The van der Waals surface area contributed by atoms with Crippen molar-refractivity contribution in [2.24, 2.45) is 0 Å². The van der Waals surface area contributed by atoms with Crippen LogP contribution < -0.4 is 4.74 Å². The molecule has 1 unspecified atom stereocenters. The molecule has 1 atom stereocenters. The summed E-state index contributed by atoms with van der Waals surface area (Å²) >= 11 is 5.87. The summed E-state index contributed by atoms with van der Waals surface area (Å²) in [6.07, 6.45) is -0.552. The zero-order valence-corrected chi connectivity index (χ0v) is 16.3. The summed E-state index contributed by atoms with van der Waals surface area (Å²) < 4.78 is 5.66. The predicted molar refractivity (Wildman–Crippen MR) is 104 cm³/mol. The topological polar surface area (TPSA) is 32.7 Å². The van der Waals surface area contributed by atoms with Crippen LogP contribution in [0.25, 0.3) is 0 Å². The minimum absolute atomic E-state index is 0.262. The van der Waals surface area contributed by atoms with Gasteiger partial charge in [-0.25, -0.2) is 0 Å². The Balaban J connectivity index is 1.92. The number of rotatable bonds is 8. The Kier molecular flexibility index (Phi) is 7.30. The maximum atomic E-state index is 10.4. The number of ether oxygens (including phenoxy) is 1. The van der Waals surface area contributed by atoms with Gasteiger partial charge in [-0.1, -0.05) is 35.4 Å². The van der Waals surface area contributed by atoms with Crippen molar-refractivity contribution in [2.75, 3.05) is 13.2 Å². The van der Waals surface area contributed by atoms with E-state index in [1.165, 1.54) is 16.7 Å². The standard InChI is InChI=1S/C21H28ClNO2/c1-15(2)23(12-18-6-5-16(3)11-17(18)4)13-20(24)14-25-21-9-7-19(22)8-10-21/h5-11,15,20,24H,12-14H2,1-4H3. The van der Waals surface area contributed by atoms with E-state index in [0.717, 1.165) is 6.54 Å². The minimum Gasteiger partial charge on any atom is -0.491 e. The van der Waals surface area contributed by atoms with Crippen LogP contribution in [0.2, 0.25) is 5.02 Å². The molecule has 0 aromatic heterocycles. The molecule has 2 aromatic rings. The van der Waals surface area contributed by atoms with Crippen LogP contribution in [0.5, 0.6) is 5.75 Å². The molecular weight excluding hydrogens is 334 g/mol. The van der Waals surface area contributed by atoms with Gasteiger partial charge in [0, 0.05) is 24.2 Å². The largest absolute Gasteiger partial charge is 0.491 e. The number of hydrogen-bond acceptors (Lipinski definition) is 3. The van der Waals surface area contributed by atoms with Gasteiger partial charge in [0.25, 0.3) is 0 Å². The average molecular weight is 362 g/mol. The highest BCUT2D eigenvalue weighted by Gasteiger charge is 2.16. The number of nitrogens with zero attached hydrogens (tertiary/aromatic N) is 1. The lowest BCUT2D eigenvalue weighted by molar-refractivity contribution is 0.0542. The van der Waals surface area contributed by atoms with E-state index in [9.17, 15) is 5.11 Å². The summed E-state index contributed by atoms with van der Waals surface area (Å²) in [6.45, 7) is 10.2. The third-order valence-electron chi connectivity index (χ3n) is 4.30. The Labute approximate surface area is 156 Å². The lowest BCUT2D eigenvalue weighted by Gasteiger charge is -2.29. The molecule has 0 bridgehead atoms. The van der Waals surface area contributed by atoms with Crippen LogP contribution >= 0.6 is 11.6 Å². The first-order valence-electron chi connectivity index (χ1n) is 8.71. The average Bonchev–Trinajstić information content (AvgIpc) is 2.56. The Hall–Kier alpha value is -1.55. The molecule has 0 saturated carbocycles. The molecule has 0 aliphatic heterocycles. The first-order chi connectivity index (χ1) is 11.8. The van der Waals surface area contributed by atoms with Gasteiger partial charge in [0.2, 0.25) is 0 Å². The molecule has 136 valence electrons. The van der Waals surface area contributed by atoms with Gasteiger partial charge in [-0.15, -0.1) is 0 Å². The Morgan fingerprint density at radius 3 is 2.36 bits per heavy atom. The Morgan fingerprint density at radius 1 is 1.08 bits per heavy atom. The van der Waals surface area contributed by atoms with Gasteiger partial charge in [-0.2, -0.15) is 0 Å². The van der Waals surface area contributed by atoms with Gasteiger partial charge in [-0.3, -0.25) is 4.90 Å². The maximum Gasteiger partial charge on any atom is 0.119 e. The summed E-state index contributed by atoms with van der Waals surface area (Å²) in [6, 6.07) is 14.0. The van der Waals surface area contributed by atoms with Gasteiger partial charge in [0.15, 0.2) is 0 Å². The van der Waals surface area contributed by atoms with Crippen molar-refractivity contribution < 1.29 is 9.84 Å². The van der Waals surface area contributed by atoms with Crippen molar-refractivity contribution in [2.45, 2.75) is 46.4 Å². The molecular formula is C21H28ClNO2. The molecule has 3 nitrogen and oxygen atoms in total. The second-order valence-electron chi connectivity index (χ2n) is 6.87. The highest BCUT2D eigenvalue weighted by atomic mass is 35.5. The summed E-state index contributed by atoms with van der Waals surface area (Å²) in [5.74, 6) is 0.717. The van der Waals surface area contributed by atoms with E-state index >= 15 is 0 Å². The van der Waals surface area contributed by atoms with Gasteiger partial charge in [0.05, 0.1) is 0 Å². The predicted octanol–water partition coefficient (Wildman–Crippen LogP) is 4.61. The second-order valence-corrected chi connectivity index (χ2v) is 7.31. The Morgan fingerprint density at radius 2 is 1.76 bits per heavy atom. The van der Waals surface area contributed by atoms with Crippen molar-refractivity contribution >= 4 is 11.6 Å². The van der Waals surface area contributed by atoms with Gasteiger partial charge in [-0.05, 0) is 63.1 Å². The van der Waals surface area contributed by atoms with E-state index in [4.69, 9.17) is 16.3 Å². The SMILES string of the molecule is Cc1ccc(CN(CC(O)COc2ccc(Cl)cc2)C(C)C)c(C)c1. The van der Waals surface area contributed by atoms with Crippen LogP contribution in [0.3, 0.4) is 0 Å². The van der Waals surface area contributed by atoms with Gasteiger partial charge >= 0.3 is 0 Å². The molecule has 2 aromatic carbocycles. The third kappa shape index (κ3) is 6.35. The molecule has 1 N–H and O–H groups in total. The van der Waals surface area contributed by atoms with E-state index in [-0.39, 0.29) is 6.61 Å². The van der Waals surface area contributed by atoms with Gasteiger partial charge in [0.1, 0.15) is 18.5 Å².